The SMILES string of the molecule is CC(C)Oc1ccccc1N1CCCC(=O)C1(C)C. The van der Waals surface area contributed by atoms with Gasteiger partial charge in [0.15, 0.2) is 5.78 Å². The number of Topliss-reactive ketones (excluding diaryl/α,β-unsaturated/α-hetero) is 1. The van der Waals surface area contributed by atoms with Crippen LogP contribution in [-0.4, -0.2) is 24.0 Å². The van der Waals surface area contributed by atoms with E-state index in [0.29, 0.717) is 12.2 Å². The van der Waals surface area contributed by atoms with E-state index in [9.17, 15) is 4.79 Å². The molecule has 0 aromatic heterocycles. The van der Waals surface area contributed by atoms with Crippen LogP contribution in [0, 0.1) is 0 Å². The molecule has 0 bridgehead atoms. The molecule has 1 fully saturated rings. The van der Waals surface area contributed by atoms with E-state index in [2.05, 4.69) is 4.90 Å². The van der Waals surface area contributed by atoms with Gasteiger partial charge in [0.05, 0.1) is 17.3 Å². The van der Waals surface area contributed by atoms with Gasteiger partial charge in [-0.3, -0.25) is 4.79 Å². The Morgan fingerprint density at radius 2 is 1.95 bits per heavy atom. The number of benzene rings is 1. The van der Waals surface area contributed by atoms with Crippen molar-refractivity contribution in [3.63, 3.8) is 0 Å². The van der Waals surface area contributed by atoms with Crippen LogP contribution in [0.4, 0.5) is 5.69 Å². The van der Waals surface area contributed by atoms with E-state index in [0.717, 1.165) is 24.4 Å². The number of anilines is 1. The highest BCUT2D eigenvalue weighted by Gasteiger charge is 2.38. The van der Waals surface area contributed by atoms with Crippen LogP contribution in [0.5, 0.6) is 5.75 Å². The summed E-state index contributed by atoms with van der Waals surface area (Å²) in [6, 6.07) is 7.99. The zero-order valence-corrected chi connectivity index (χ0v) is 12.3. The fraction of sp³-hybridized carbons (Fsp3) is 0.562. The van der Waals surface area contributed by atoms with Gasteiger partial charge in [-0.2, -0.15) is 0 Å². The smallest absolute Gasteiger partial charge is 0.157 e. The van der Waals surface area contributed by atoms with Crippen molar-refractivity contribution in [1.82, 2.24) is 0 Å². The molecule has 0 unspecified atom stereocenters. The highest BCUT2D eigenvalue weighted by Crippen LogP contribution is 2.36. The molecule has 0 saturated carbocycles. The number of hydrogen-bond acceptors (Lipinski definition) is 3. The molecule has 2 rings (SSSR count). The minimum Gasteiger partial charge on any atom is -0.489 e. The van der Waals surface area contributed by atoms with Crippen molar-refractivity contribution < 1.29 is 9.53 Å². The largest absolute Gasteiger partial charge is 0.489 e. The van der Waals surface area contributed by atoms with E-state index in [-0.39, 0.29) is 6.10 Å². The molecule has 104 valence electrons. The lowest BCUT2D eigenvalue weighted by atomic mass is 9.88. The van der Waals surface area contributed by atoms with Crippen LogP contribution >= 0.6 is 0 Å². The molecule has 0 N–H and O–H groups in total. The number of carbonyl (C=O) groups is 1. The Balaban J connectivity index is 2.37. The summed E-state index contributed by atoms with van der Waals surface area (Å²) < 4.78 is 5.87. The Hall–Kier alpha value is -1.51. The molecule has 1 aromatic carbocycles. The molecule has 0 spiro atoms. The van der Waals surface area contributed by atoms with Crippen LogP contribution in [0.1, 0.15) is 40.5 Å². The van der Waals surface area contributed by atoms with Crippen LogP contribution in [0.25, 0.3) is 0 Å². The summed E-state index contributed by atoms with van der Waals surface area (Å²) in [5, 5.41) is 0. The average molecular weight is 261 g/mol. The Morgan fingerprint density at radius 3 is 2.63 bits per heavy atom. The van der Waals surface area contributed by atoms with E-state index in [1.54, 1.807) is 0 Å². The summed E-state index contributed by atoms with van der Waals surface area (Å²) in [4.78, 5) is 14.3. The summed E-state index contributed by atoms with van der Waals surface area (Å²) in [6.45, 7) is 8.94. The van der Waals surface area contributed by atoms with Crippen LogP contribution in [-0.2, 0) is 4.79 Å². The Bertz CT molecular complexity index is 466. The quantitative estimate of drug-likeness (QED) is 0.835. The van der Waals surface area contributed by atoms with Crippen molar-refractivity contribution in [1.29, 1.82) is 0 Å². The first-order valence-corrected chi connectivity index (χ1v) is 6.99. The van der Waals surface area contributed by atoms with Crippen molar-refractivity contribution in [3.05, 3.63) is 24.3 Å². The second-order valence-corrected chi connectivity index (χ2v) is 5.87. The van der Waals surface area contributed by atoms with Crippen molar-refractivity contribution in [2.24, 2.45) is 0 Å². The number of nitrogens with zero attached hydrogens (tertiary/aromatic N) is 1. The first-order valence-electron chi connectivity index (χ1n) is 6.99. The van der Waals surface area contributed by atoms with E-state index in [4.69, 9.17) is 4.74 Å². The lowest BCUT2D eigenvalue weighted by Crippen LogP contribution is -2.54. The second-order valence-electron chi connectivity index (χ2n) is 5.87. The van der Waals surface area contributed by atoms with Gasteiger partial charge >= 0.3 is 0 Å². The predicted molar refractivity (Wildman–Crippen MR) is 77.9 cm³/mol. The fourth-order valence-electron chi connectivity index (χ4n) is 2.59. The van der Waals surface area contributed by atoms with Crippen LogP contribution in [0.2, 0.25) is 0 Å². The van der Waals surface area contributed by atoms with Gasteiger partial charge in [-0.05, 0) is 46.2 Å². The molecule has 1 heterocycles. The molecule has 3 heteroatoms. The van der Waals surface area contributed by atoms with Crippen LogP contribution in [0.15, 0.2) is 24.3 Å². The zero-order valence-electron chi connectivity index (χ0n) is 12.3. The van der Waals surface area contributed by atoms with E-state index in [1.165, 1.54) is 0 Å². The van der Waals surface area contributed by atoms with Gasteiger partial charge in [0.2, 0.25) is 0 Å². The minimum absolute atomic E-state index is 0.129. The van der Waals surface area contributed by atoms with Gasteiger partial charge in [0, 0.05) is 13.0 Å². The van der Waals surface area contributed by atoms with Gasteiger partial charge in [-0.15, -0.1) is 0 Å². The van der Waals surface area contributed by atoms with Crippen molar-refractivity contribution >= 4 is 11.5 Å². The fourth-order valence-corrected chi connectivity index (χ4v) is 2.59. The number of ketones is 1. The molecule has 19 heavy (non-hydrogen) atoms. The zero-order chi connectivity index (χ0) is 14.0. The van der Waals surface area contributed by atoms with Crippen molar-refractivity contribution in [2.45, 2.75) is 52.2 Å². The lowest BCUT2D eigenvalue weighted by molar-refractivity contribution is -0.124. The summed E-state index contributed by atoms with van der Waals surface area (Å²) in [5.74, 6) is 1.17. The van der Waals surface area contributed by atoms with Crippen LogP contribution < -0.4 is 9.64 Å². The Morgan fingerprint density at radius 1 is 1.26 bits per heavy atom. The van der Waals surface area contributed by atoms with Gasteiger partial charge in [0.25, 0.3) is 0 Å². The first-order chi connectivity index (χ1) is 8.93. The van der Waals surface area contributed by atoms with E-state index < -0.39 is 5.54 Å². The normalized spacial score (nSPS) is 18.8. The third-order valence-corrected chi connectivity index (χ3v) is 3.66. The molecule has 1 aromatic rings. The molecule has 0 radical (unpaired) electrons. The molecule has 0 atom stereocenters. The summed E-state index contributed by atoms with van der Waals surface area (Å²) >= 11 is 0. The number of carbonyl (C=O) groups excluding carboxylic acids is 1. The summed E-state index contributed by atoms with van der Waals surface area (Å²) in [5.41, 5.74) is 0.573. The number of para-hydroxylation sites is 2. The average Bonchev–Trinajstić information content (AvgIpc) is 2.33. The Labute approximate surface area is 115 Å². The number of ether oxygens (including phenoxy) is 1. The summed E-state index contributed by atoms with van der Waals surface area (Å²) in [7, 11) is 0. The van der Waals surface area contributed by atoms with Gasteiger partial charge < -0.3 is 9.64 Å². The number of piperidine rings is 1. The summed E-state index contributed by atoms with van der Waals surface area (Å²) in [6.07, 6.45) is 1.72. The van der Waals surface area contributed by atoms with Gasteiger partial charge in [-0.25, -0.2) is 0 Å². The van der Waals surface area contributed by atoms with Crippen molar-refractivity contribution in [3.8, 4) is 5.75 Å². The molecule has 3 nitrogen and oxygen atoms in total. The maximum Gasteiger partial charge on any atom is 0.157 e. The van der Waals surface area contributed by atoms with Crippen molar-refractivity contribution in [2.75, 3.05) is 11.4 Å². The lowest BCUT2D eigenvalue weighted by Gasteiger charge is -2.43. The number of hydrogen-bond donors (Lipinski definition) is 0. The Kier molecular flexibility index (Phi) is 3.83. The molecular formula is C16H23NO2. The van der Waals surface area contributed by atoms with E-state index in [1.807, 2.05) is 52.0 Å². The molecular weight excluding hydrogens is 238 g/mol. The highest BCUT2D eigenvalue weighted by atomic mass is 16.5. The van der Waals surface area contributed by atoms with E-state index >= 15 is 0 Å². The topological polar surface area (TPSA) is 29.5 Å². The standard InChI is InChI=1S/C16H23NO2/c1-12(2)19-14-9-6-5-8-13(14)17-11-7-10-15(18)16(17,3)4/h5-6,8-9,12H,7,10-11H2,1-4H3. The van der Waals surface area contributed by atoms with Crippen LogP contribution in [0.3, 0.4) is 0 Å². The molecule has 0 amide bonds. The maximum atomic E-state index is 12.2. The highest BCUT2D eigenvalue weighted by molar-refractivity contribution is 5.92. The maximum absolute atomic E-state index is 12.2. The molecule has 1 aliphatic rings. The minimum atomic E-state index is -0.450. The molecule has 1 saturated heterocycles. The van der Waals surface area contributed by atoms with Gasteiger partial charge in [0.1, 0.15) is 5.75 Å². The first kappa shape index (κ1) is 13.9. The second kappa shape index (κ2) is 5.24. The number of rotatable bonds is 3. The monoisotopic (exact) mass is 261 g/mol. The predicted octanol–water partition coefficient (Wildman–Crippen LogP) is 3.42. The molecule has 0 aliphatic carbocycles. The third-order valence-electron chi connectivity index (χ3n) is 3.66. The molecule has 1 aliphatic heterocycles. The van der Waals surface area contributed by atoms with Gasteiger partial charge in [-0.1, -0.05) is 12.1 Å². The third kappa shape index (κ3) is 2.75.